The Bertz CT molecular complexity index is 1490. The molecule has 0 bridgehead atoms. The molecule has 0 amide bonds. The van der Waals surface area contributed by atoms with Crippen LogP contribution < -0.4 is 19.7 Å². The van der Waals surface area contributed by atoms with E-state index in [1.807, 2.05) is 67.6 Å². The van der Waals surface area contributed by atoms with Crippen molar-refractivity contribution in [3.63, 3.8) is 0 Å². The molecule has 3 heterocycles. The molecule has 0 saturated carbocycles. The number of pyridine rings is 1. The van der Waals surface area contributed by atoms with Crippen LogP contribution in [0.25, 0.3) is 11.1 Å². The van der Waals surface area contributed by atoms with Gasteiger partial charge in [-0.15, -0.1) is 0 Å². The molecule has 1 atom stereocenters. The fourth-order valence-corrected chi connectivity index (χ4v) is 4.83. The molecule has 41 heavy (non-hydrogen) atoms. The number of hydrogen-bond donors (Lipinski definition) is 2. The van der Waals surface area contributed by atoms with Gasteiger partial charge < -0.3 is 24.8 Å². The fraction of sp³-hybridized carbons (Fsp3) is 0.312. The molecule has 2 aromatic carbocycles. The molecule has 9 nitrogen and oxygen atoms in total. The van der Waals surface area contributed by atoms with Crippen molar-refractivity contribution in [3.05, 3.63) is 84.8 Å². The molecule has 212 valence electrons. The van der Waals surface area contributed by atoms with Crippen molar-refractivity contribution in [3.8, 4) is 22.6 Å². The summed E-state index contributed by atoms with van der Waals surface area (Å²) in [4.78, 5) is 27.5. The van der Waals surface area contributed by atoms with E-state index >= 15 is 0 Å². The lowest BCUT2D eigenvalue weighted by Gasteiger charge is -2.33. The van der Waals surface area contributed by atoms with Gasteiger partial charge in [0.1, 0.15) is 17.7 Å². The normalized spacial score (nSPS) is 15.3. The number of anilines is 3. The number of carbonyl (C=O) groups is 1. The lowest BCUT2D eigenvalue weighted by molar-refractivity contribution is -0.142. The molecule has 9 heteroatoms. The summed E-state index contributed by atoms with van der Waals surface area (Å²) in [6.45, 7) is 7.52. The molecule has 0 unspecified atom stereocenters. The van der Waals surface area contributed by atoms with Crippen molar-refractivity contribution in [2.45, 2.75) is 45.1 Å². The molecule has 2 N–H and O–H groups in total. The Morgan fingerprint density at radius 2 is 1.83 bits per heavy atom. The van der Waals surface area contributed by atoms with Crippen LogP contribution in [-0.4, -0.2) is 51.8 Å². The van der Waals surface area contributed by atoms with Crippen molar-refractivity contribution in [1.82, 2.24) is 15.0 Å². The summed E-state index contributed by atoms with van der Waals surface area (Å²) in [5.74, 6) is 2.66. The zero-order valence-electron chi connectivity index (χ0n) is 23.6. The maximum absolute atomic E-state index is 11.6. The van der Waals surface area contributed by atoms with Crippen molar-refractivity contribution in [1.29, 1.82) is 0 Å². The third kappa shape index (κ3) is 6.57. The van der Waals surface area contributed by atoms with Gasteiger partial charge in [0.2, 0.25) is 0 Å². The van der Waals surface area contributed by atoms with Crippen molar-refractivity contribution in [2.24, 2.45) is 0 Å². The van der Waals surface area contributed by atoms with Gasteiger partial charge in [-0.1, -0.05) is 36.4 Å². The summed E-state index contributed by atoms with van der Waals surface area (Å²) in [6, 6.07) is 19.2. The van der Waals surface area contributed by atoms with Gasteiger partial charge in [-0.2, -0.15) is 0 Å². The van der Waals surface area contributed by atoms with Crippen molar-refractivity contribution >= 4 is 23.4 Å². The van der Waals surface area contributed by atoms with Gasteiger partial charge in [0.15, 0.2) is 17.3 Å². The maximum Gasteiger partial charge on any atom is 0.313 e. The van der Waals surface area contributed by atoms with Crippen molar-refractivity contribution in [2.75, 3.05) is 29.9 Å². The first kappa shape index (κ1) is 27.9. The van der Waals surface area contributed by atoms with Gasteiger partial charge in [0, 0.05) is 12.7 Å². The molecule has 2 aromatic heterocycles. The fourth-order valence-electron chi connectivity index (χ4n) is 4.83. The Hall–Kier alpha value is -4.66. The summed E-state index contributed by atoms with van der Waals surface area (Å²) in [5, 5.41) is 12.8. The number of para-hydroxylation sites is 2. The lowest BCUT2D eigenvalue weighted by atomic mass is 9.84. The number of rotatable bonds is 10. The molecule has 5 rings (SSSR count). The van der Waals surface area contributed by atoms with E-state index in [0.717, 1.165) is 53.4 Å². The van der Waals surface area contributed by atoms with Crippen LogP contribution in [0.15, 0.2) is 79.3 Å². The summed E-state index contributed by atoms with van der Waals surface area (Å²) < 4.78 is 12.1. The molecule has 1 aliphatic rings. The molecule has 1 fully saturated rings. The number of nitrogens with zero attached hydrogens (tertiary/aromatic N) is 4. The zero-order valence-corrected chi connectivity index (χ0v) is 23.6. The second-order valence-corrected chi connectivity index (χ2v) is 10.5. The Labute approximate surface area is 240 Å². The first-order chi connectivity index (χ1) is 19.8. The molecule has 0 aliphatic carbocycles. The highest BCUT2D eigenvalue weighted by molar-refractivity contribution is 5.80. The second kappa shape index (κ2) is 12.2. The minimum atomic E-state index is -0.957. The summed E-state index contributed by atoms with van der Waals surface area (Å²) in [6.07, 6.45) is 7.12. The van der Waals surface area contributed by atoms with Crippen LogP contribution >= 0.6 is 0 Å². The van der Waals surface area contributed by atoms with Gasteiger partial charge in [0.25, 0.3) is 0 Å². The van der Waals surface area contributed by atoms with Crippen LogP contribution in [0.4, 0.5) is 17.5 Å². The Balaban J connectivity index is 1.27. The van der Waals surface area contributed by atoms with Crippen LogP contribution in [0.1, 0.15) is 39.2 Å². The van der Waals surface area contributed by atoms with Gasteiger partial charge in [0.05, 0.1) is 31.0 Å². The first-order valence-electron chi connectivity index (χ1n) is 13.9. The molecule has 0 spiro atoms. The number of carboxylic acid groups (broad SMARTS) is 1. The smallest absolute Gasteiger partial charge is 0.313 e. The molecule has 0 radical (unpaired) electrons. The quantitative estimate of drug-likeness (QED) is 0.241. The van der Waals surface area contributed by atoms with Gasteiger partial charge in [-0.05, 0) is 74.6 Å². The zero-order chi connectivity index (χ0) is 28.8. The first-order valence-corrected chi connectivity index (χ1v) is 13.9. The van der Waals surface area contributed by atoms with E-state index < -0.39 is 11.4 Å². The van der Waals surface area contributed by atoms with E-state index in [0.29, 0.717) is 24.8 Å². The van der Waals surface area contributed by atoms with Crippen LogP contribution in [0.5, 0.6) is 11.5 Å². The topological polar surface area (TPSA) is 110 Å². The maximum atomic E-state index is 11.6. The Morgan fingerprint density at radius 1 is 1.05 bits per heavy atom. The van der Waals surface area contributed by atoms with E-state index in [2.05, 4.69) is 20.2 Å². The average molecular weight is 554 g/mol. The summed E-state index contributed by atoms with van der Waals surface area (Å²) in [7, 11) is 0. The van der Waals surface area contributed by atoms with Gasteiger partial charge >= 0.3 is 5.97 Å². The predicted molar refractivity (Wildman–Crippen MR) is 159 cm³/mol. The molecule has 4 aromatic rings. The summed E-state index contributed by atoms with van der Waals surface area (Å²) >= 11 is 0. The van der Waals surface area contributed by atoms with E-state index in [4.69, 9.17) is 14.5 Å². The average Bonchev–Trinajstić information content (AvgIpc) is 2.99. The number of aromatic nitrogens is 3. The highest BCUT2D eigenvalue weighted by atomic mass is 16.5. The van der Waals surface area contributed by atoms with E-state index in [1.54, 1.807) is 32.4 Å². The highest BCUT2D eigenvalue weighted by Gasteiger charge is 2.29. The van der Waals surface area contributed by atoms with Crippen LogP contribution in [0.3, 0.4) is 0 Å². The number of nitrogens with one attached hydrogen (secondary N) is 1. The second-order valence-electron chi connectivity index (χ2n) is 10.5. The number of ether oxygens (including phenoxy) is 2. The standard InChI is InChI=1S/C32H35N5O4/c1-4-40-26-9-5-6-10-27(26)41-25-8-7-17-37(21-25)30-20-33-19-29(36-30)35-28-18-23(15-16-34-28)22-11-13-24(14-12-22)32(2,3)31(38)39/h5-6,9-16,18-20,25H,4,7-8,17,21H2,1-3H3,(H,38,39)(H,34,35,36)/t25-/m1/s1. The SMILES string of the molecule is CCOc1ccccc1O[C@@H]1CCCN(c2cncc(Nc3cc(-c4ccc(C(C)(C)C(=O)O)cc4)ccn3)n2)C1. The third-order valence-electron chi connectivity index (χ3n) is 7.26. The number of benzene rings is 2. The Morgan fingerprint density at radius 3 is 2.59 bits per heavy atom. The third-order valence-corrected chi connectivity index (χ3v) is 7.26. The number of aliphatic carboxylic acids is 1. The van der Waals surface area contributed by atoms with Crippen molar-refractivity contribution < 1.29 is 19.4 Å². The molecular weight excluding hydrogens is 518 g/mol. The molecular formula is C32H35N5O4. The summed E-state index contributed by atoms with van der Waals surface area (Å²) in [5.41, 5.74) is 1.71. The largest absolute Gasteiger partial charge is 0.490 e. The molecule has 1 saturated heterocycles. The number of hydrogen-bond acceptors (Lipinski definition) is 8. The van der Waals surface area contributed by atoms with Crippen LogP contribution in [-0.2, 0) is 10.2 Å². The van der Waals surface area contributed by atoms with Crippen LogP contribution in [0.2, 0.25) is 0 Å². The number of carboxylic acids is 1. The lowest BCUT2D eigenvalue weighted by Crippen LogP contribution is -2.41. The van der Waals surface area contributed by atoms with E-state index in [1.165, 1.54) is 0 Å². The minimum absolute atomic E-state index is 0.00887. The molecule has 1 aliphatic heterocycles. The van der Waals surface area contributed by atoms with Gasteiger partial charge in [-0.25, -0.2) is 9.97 Å². The predicted octanol–water partition coefficient (Wildman–Crippen LogP) is 6.09. The van der Waals surface area contributed by atoms with E-state index in [-0.39, 0.29) is 6.10 Å². The van der Waals surface area contributed by atoms with Gasteiger partial charge in [-0.3, -0.25) is 9.78 Å². The Kier molecular flexibility index (Phi) is 8.33. The highest BCUT2D eigenvalue weighted by Crippen LogP contribution is 2.31. The monoisotopic (exact) mass is 553 g/mol. The minimum Gasteiger partial charge on any atom is -0.490 e. The number of piperidine rings is 1. The van der Waals surface area contributed by atoms with Crippen LogP contribution in [0, 0.1) is 0 Å². The van der Waals surface area contributed by atoms with E-state index in [9.17, 15) is 9.90 Å².